The van der Waals surface area contributed by atoms with Gasteiger partial charge < -0.3 is 9.47 Å². The number of hydrogen-bond donors (Lipinski definition) is 1. The molecule has 1 N–H and O–H groups in total. The zero-order chi connectivity index (χ0) is 14.9. The first-order valence-corrected chi connectivity index (χ1v) is 8.34. The first kappa shape index (κ1) is 15.3. The molecule has 5 heteroatoms. The summed E-state index contributed by atoms with van der Waals surface area (Å²) in [5, 5.41) is 3.61. The lowest BCUT2D eigenvalue weighted by Gasteiger charge is -2.46. The molecule has 0 aromatic rings. The van der Waals surface area contributed by atoms with Crippen molar-refractivity contribution >= 4 is 5.97 Å². The van der Waals surface area contributed by atoms with Gasteiger partial charge in [0.2, 0.25) is 0 Å². The second kappa shape index (κ2) is 6.23. The van der Waals surface area contributed by atoms with Gasteiger partial charge in [-0.25, -0.2) is 0 Å². The second-order valence-corrected chi connectivity index (χ2v) is 6.90. The van der Waals surface area contributed by atoms with Crippen molar-refractivity contribution in [2.24, 2.45) is 0 Å². The molecule has 3 rings (SSSR count). The largest absolute Gasteiger partial charge is 0.468 e. The highest BCUT2D eigenvalue weighted by Crippen LogP contribution is 2.36. The molecule has 1 saturated heterocycles. The van der Waals surface area contributed by atoms with Gasteiger partial charge in [-0.2, -0.15) is 0 Å². The van der Waals surface area contributed by atoms with Gasteiger partial charge in [-0.05, 0) is 45.4 Å². The number of morpholine rings is 1. The molecule has 0 spiro atoms. The fourth-order valence-electron chi connectivity index (χ4n) is 4.00. The Morgan fingerprint density at radius 1 is 1.38 bits per heavy atom. The minimum Gasteiger partial charge on any atom is -0.468 e. The normalized spacial score (nSPS) is 38.2. The summed E-state index contributed by atoms with van der Waals surface area (Å²) in [5.41, 5.74) is -0.461. The molecule has 1 aliphatic heterocycles. The van der Waals surface area contributed by atoms with E-state index in [0.29, 0.717) is 18.1 Å². The van der Waals surface area contributed by atoms with Crippen LogP contribution in [-0.2, 0) is 14.3 Å². The predicted octanol–water partition coefficient (Wildman–Crippen LogP) is 1.31. The zero-order valence-corrected chi connectivity index (χ0v) is 13.3. The molecular weight excluding hydrogens is 268 g/mol. The molecular formula is C16H28N2O3. The maximum atomic E-state index is 12.4. The molecule has 1 heterocycles. The van der Waals surface area contributed by atoms with Crippen LogP contribution in [0.25, 0.3) is 0 Å². The van der Waals surface area contributed by atoms with Crippen molar-refractivity contribution < 1.29 is 14.3 Å². The summed E-state index contributed by atoms with van der Waals surface area (Å²) in [6, 6.07) is 1.42. The topological polar surface area (TPSA) is 50.8 Å². The number of ether oxygens (including phenoxy) is 2. The minimum absolute atomic E-state index is 0.0694. The first-order chi connectivity index (χ1) is 10.1. The summed E-state index contributed by atoms with van der Waals surface area (Å²) in [4.78, 5) is 15.0. The molecule has 0 aromatic heterocycles. The number of rotatable bonds is 4. The molecule has 5 nitrogen and oxygen atoms in total. The lowest BCUT2D eigenvalue weighted by atomic mass is 9.77. The van der Waals surface area contributed by atoms with Crippen LogP contribution < -0.4 is 5.32 Å². The summed E-state index contributed by atoms with van der Waals surface area (Å²) >= 11 is 0. The van der Waals surface area contributed by atoms with Crippen LogP contribution in [0, 0.1) is 0 Å². The van der Waals surface area contributed by atoms with Gasteiger partial charge in [0, 0.05) is 24.7 Å². The van der Waals surface area contributed by atoms with Crippen molar-refractivity contribution in [1.82, 2.24) is 10.2 Å². The van der Waals surface area contributed by atoms with E-state index >= 15 is 0 Å². The van der Waals surface area contributed by atoms with Crippen LogP contribution in [0.2, 0.25) is 0 Å². The van der Waals surface area contributed by atoms with Crippen LogP contribution >= 0.6 is 0 Å². The Kier molecular flexibility index (Phi) is 4.52. The van der Waals surface area contributed by atoms with Gasteiger partial charge in [0.1, 0.15) is 5.54 Å². The Morgan fingerprint density at radius 3 is 2.86 bits per heavy atom. The van der Waals surface area contributed by atoms with Crippen LogP contribution in [0.3, 0.4) is 0 Å². The quantitative estimate of drug-likeness (QED) is 0.793. The molecule has 0 radical (unpaired) electrons. The van der Waals surface area contributed by atoms with E-state index in [1.54, 1.807) is 0 Å². The maximum Gasteiger partial charge on any atom is 0.326 e. The number of nitrogens with one attached hydrogen (secondary N) is 1. The van der Waals surface area contributed by atoms with E-state index in [0.717, 1.165) is 39.0 Å². The fourth-order valence-corrected chi connectivity index (χ4v) is 4.00. The van der Waals surface area contributed by atoms with E-state index < -0.39 is 5.54 Å². The molecule has 3 fully saturated rings. The number of esters is 1. The molecule has 3 unspecified atom stereocenters. The van der Waals surface area contributed by atoms with E-state index in [2.05, 4.69) is 17.1 Å². The number of methoxy groups -OCH3 is 1. The molecule has 0 bridgehead atoms. The number of nitrogens with zero attached hydrogens (tertiary/aromatic N) is 1. The van der Waals surface area contributed by atoms with Gasteiger partial charge in [0.05, 0.1) is 20.3 Å². The van der Waals surface area contributed by atoms with Crippen molar-refractivity contribution in [2.75, 3.05) is 26.9 Å². The summed E-state index contributed by atoms with van der Waals surface area (Å²) in [7, 11) is 1.51. The third-order valence-corrected chi connectivity index (χ3v) is 5.25. The van der Waals surface area contributed by atoms with Gasteiger partial charge in [0.15, 0.2) is 0 Å². The zero-order valence-electron chi connectivity index (χ0n) is 13.3. The van der Waals surface area contributed by atoms with Gasteiger partial charge >= 0.3 is 5.97 Å². The lowest BCUT2D eigenvalue weighted by Crippen LogP contribution is -2.61. The Balaban J connectivity index is 1.73. The van der Waals surface area contributed by atoms with E-state index in [9.17, 15) is 4.79 Å². The maximum absolute atomic E-state index is 12.4. The predicted molar refractivity (Wildman–Crippen MR) is 80.1 cm³/mol. The monoisotopic (exact) mass is 296 g/mol. The highest BCUT2D eigenvalue weighted by atomic mass is 16.5. The molecule has 3 atom stereocenters. The van der Waals surface area contributed by atoms with Gasteiger partial charge in [-0.15, -0.1) is 0 Å². The molecule has 2 saturated carbocycles. The highest BCUT2D eigenvalue weighted by Gasteiger charge is 2.48. The molecule has 0 aromatic carbocycles. The van der Waals surface area contributed by atoms with Crippen molar-refractivity contribution in [3.8, 4) is 0 Å². The van der Waals surface area contributed by atoms with Crippen LogP contribution in [-0.4, -0.2) is 61.4 Å². The number of carbonyl (C=O) groups excluding carboxylic acids is 1. The van der Waals surface area contributed by atoms with Crippen molar-refractivity contribution in [2.45, 2.75) is 69.1 Å². The van der Waals surface area contributed by atoms with Gasteiger partial charge in [-0.3, -0.25) is 15.0 Å². The van der Waals surface area contributed by atoms with Gasteiger partial charge in [0.25, 0.3) is 0 Å². The first-order valence-electron chi connectivity index (χ1n) is 8.34. The van der Waals surface area contributed by atoms with Crippen molar-refractivity contribution in [1.29, 1.82) is 0 Å². The van der Waals surface area contributed by atoms with Gasteiger partial charge in [-0.1, -0.05) is 0 Å². The lowest BCUT2D eigenvalue weighted by molar-refractivity contribution is -0.152. The average Bonchev–Trinajstić information content (AvgIpc) is 3.31. The third-order valence-electron chi connectivity index (χ3n) is 5.25. The van der Waals surface area contributed by atoms with E-state index in [1.807, 2.05) is 0 Å². The van der Waals surface area contributed by atoms with Crippen LogP contribution in [0.15, 0.2) is 0 Å². The third kappa shape index (κ3) is 3.25. The Labute approximate surface area is 127 Å². The van der Waals surface area contributed by atoms with Crippen LogP contribution in [0.1, 0.15) is 45.4 Å². The number of carbonyl (C=O) groups is 1. The standard InChI is InChI=1S/C16H28N2O3/c1-12-11-21-9-8-18(12)14-4-3-7-16(10-14,15(19)20-2)17-13-5-6-13/h12-14,17H,3-11H2,1-2H3. The molecule has 3 aliphatic rings. The molecule has 0 amide bonds. The van der Waals surface area contributed by atoms with Crippen LogP contribution in [0.4, 0.5) is 0 Å². The Morgan fingerprint density at radius 2 is 2.19 bits per heavy atom. The summed E-state index contributed by atoms with van der Waals surface area (Å²) in [6.45, 7) is 4.81. The van der Waals surface area contributed by atoms with Crippen molar-refractivity contribution in [3.05, 3.63) is 0 Å². The van der Waals surface area contributed by atoms with Crippen LogP contribution in [0.5, 0.6) is 0 Å². The molecule has 21 heavy (non-hydrogen) atoms. The van der Waals surface area contributed by atoms with E-state index in [1.165, 1.54) is 26.4 Å². The Bertz CT molecular complexity index is 386. The fraction of sp³-hybridized carbons (Fsp3) is 0.938. The Hall–Kier alpha value is -0.650. The molecule has 120 valence electrons. The SMILES string of the molecule is COC(=O)C1(NC2CC2)CCCC(N2CCOCC2C)C1. The second-order valence-electron chi connectivity index (χ2n) is 6.90. The molecule has 2 aliphatic carbocycles. The number of hydrogen-bond acceptors (Lipinski definition) is 5. The summed E-state index contributed by atoms with van der Waals surface area (Å²) in [6.07, 6.45) is 6.43. The highest BCUT2D eigenvalue weighted by molar-refractivity contribution is 5.81. The van der Waals surface area contributed by atoms with E-state index in [-0.39, 0.29) is 5.97 Å². The summed E-state index contributed by atoms with van der Waals surface area (Å²) in [5.74, 6) is -0.0694. The summed E-state index contributed by atoms with van der Waals surface area (Å²) < 4.78 is 10.7. The van der Waals surface area contributed by atoms with Crippen molar-refractivity contribution in [3.63, 3.8) is 0 Å². The van der Waals surface area contributed by atoms with E-state index in [4.69, 9.17) is 9.47 Å². The average molecular weight is 296 g/mol. The minimum atomic E-state index is -0.461. The smallest absolute Gasteiger partial charge is 0.326 e.